The average Bonchev–Trinajstić information content (AvgIpc) is 1.69. The van der Waals surface area contributed by atoms with Gasteiger partial charge in [0.15, 0.2) is 0 Å². The van der Waals surface area contributed by atoms with E-state index in [1.165, 1.54) is 6.42 Å². The molecule has 0 spiro atoms. The van der Waals surface area contributed by atoms with Crippen LogP contribution in [0.5, 0.6) is 0 Å². The van der Waals surface area contributed by atoms with Gasteiger partial charge in [0.2, 0.25) is 0 Å². The smallest absolute Gasteiger partial charge is 0.344 e. The molecule has 0 N–H and O–H groups in total. The molecule has 0 saturated heterocycles. The molecule has 0 radical (unpaired) electrons. The molecule has 0 nitrogen and oxygen atoms in total. The Labute approximate surface area is 70.2 Å². The zero-order valence-electron chi connectivity index (χ0n) is 6.24. The minimum atomic E-state index is 0. The third-order valence-corrected chi connectivity index (χ3v) is 0.354. The van der Waals surface area contributed by atoms with Crippen molar-refractivity contribution in [3.63, 3.8) is 0 Å². The predicted octanol–water partition coefficient (Wildman–Crippen LogP) is 2.47. The molecule has 0 fully saturated rings. The predicted molar refractivity (Wildman–Crippen MR) is 41.7 cm³/mol. The van der Waals surface area contributed by atoms with Crippen LogP contribution in [0.2, 0.25) is 0 Å². The van der Waals surface area contributed by atoms with Crippen LogP contribution in [0, 0.1) is 13.8 Å². The van der Waals surface area contributed by atoms with E-state index in [1.807, 2.05) is 6.92 Å². The second kappa shape index (κ2) is 25.1. The summed E-state index contributed by atoms with van der Waals surface area (Å²) in [7, 11) is 0. The van der Waals surface area contributed by atoms with Crippen LogP contribution < -0.4 is 0 Å². The van der Waals surface area contributed by atoms with Gasteiger partial charge < -0.3 is 13.8 Å². The van der Waals surface area contributed by atoms with E-state index in [0.29, 0.717) is 0 Å². The van der Waals surface area contributed by atoms with Gasteiger partial charge in [-0.3, -0.25) is 0 Å². The molecular formula is C7H16Mg. The molecule has 0 aliphatic carbocycles. The van der Waals surface area contributed by atoms with Crippen molar-refractivity contribution in [1.82, 2.24) is 0 Å². The normalized spacial score (nSPS) is 6.00. The van der Waals surface area contributed by atoms with E-state index in [4.69, 9.17) is 0 Å². The van der Waals surface area contributed by atoms with Gasteiger partial charge in [-0.05, 0) is 0 Å². The van der Waals surface area contributed by atoms with Crippen LogP contribution in [0.1, 0.15) is 33.1 Å². The third-order valence-electron chi connectivity index (χ3n) is 0.354. The van der Waals surface area contributed by atoms with E-state index >= 15 is 0 Å². The molecule has 0 aliphatic heterocycles. The maximum atomic E-state index is 3.60. The Morgan fingerprint density at radius 1 is 1.12 bits per heavy atom. The molecule has 0 unspecified atom stereocenters. The fraction of sp³-hybridized carbons (Fsp3) is 0.714. The first-order valence-corrected chi connectivity index (χ1v) is 2.91. The van der Waals surface area contributed by atoms with Gasteiger partial charge in [-0.2, -0.15) is 12.8 Å². The van der Waals surface area contributed by atoms with Crippen LogP contribution >= 0.6 is 0 Å². The van der Waals surface area contributed by atoms with Crippen LogP contribution in [0.4, 0.5) is 0 Å². The molecule has 0 saturated carbocycles. The summed E-state index contributed by atoms with van der Waals surface area (Å²) in [5.41, 5.74) is 0. The first kappa shape index (κ1) is 15.9. The van der Waals surface area contributed by atoms with Crippen molar-refractivity contribution in [3.8, 4) is 0 Å². The fourth-order valence-electron chi connectivity index (χ4n) is 0. The first-order chi connectivity index (χ1) is 3.33. The molecule has 0 aromatic heterocycles. The number of unbranched alkanes of at least 4 members (excludes halogenated alkanes) is 1. The summed E-state index contributed by atoms with van der Waals surface area (Å²) in [6.07, 6.45) is 3.28. The second-order valence-electron chi connectivity index (χ2n) is 1.35. The van der Waals surface area contributed by atoms with Crippen molar-refractivity contribution in [1.29, 1.82) is 0 Å². The zero-order valence-corrected chi connectivity index (χ0v) is 7.66. The monoisotopic (exact) mass is 124 g/mol. The van der Waals surface area contributed by atoms with Crippen LogP contribution in [0.3, 0.4) is 0 Å². The van der Waals surface area contributed by atoms with Crippen LogP contribution in [-0.4, -0.2) is 23.1 Å². The van der Waals surface area contributed by atoms with Crippen molar-refractivity contribution in [2.75, 3.05) is 0 Å². The molecule has 0 bridgehead atoms. The molecular weight excluding hydrogens is 108 g/mol. The summed E-state index contributed by atoms with van der Waals surface area (Å²) in [5.74, 6) is 0. The van der Waals surface area contributed by atoms with E-state index in [-0.39, 0.29) is 23.1 Å². The Morgan fingerprint density at radius 3 is 1.25 bits per heavy atom. The third kappa shape index (κ3) is 72.1. The summed E-state index contributed by atoms with van der Waals surface area (Å²) in [6, 6.07) is 0. The van der Waals surface area contributed by atoms with Crippen LogP contribution in [0.15, 0.2) is 0 Å². The number of hydrogen-bond acceptors (Lipinski definition) is 0. The standard InChI is InChI=1S/C4H9.C3H7.Mg/c1-3-4-2;1-3-2;/h1,3-4H2,2H3;1,3H2,2H3;/q2*-1;+2. The van der Waals surface area contributed by atoms with Gasteiger partial charge in [0.25, 0.3) is 0 Å². The second-order valence-corrected chi connectivity index (χ2v) is 1.35. The number of hydrogen-bond donors (Lipinski definition) is 0. The Balaban J connectivity index is -0.0000000575. The summed E-state index contributed by atoms with van der Waals surface area (Å²) in [6.45, 7) is 11.2. The van der Waals surface area contributed by atoms with Gasteiger partial charge in [-0.1, -0.05) is 20.3 Å². The summed E-state index contributed by atoms with van der Waals surface area (Å²) in [4.78, 5) is 0. The van der Waals surface area contributed by atoms with E-state index in [2.05, 4.69) is 20.8 Å². The van der Waals surface area contributed by atoms with Crippen molar-refractivity contribution in [2.24, 2.45) is 0 Å². The van der Waals surface area contributed by atoms with Crippen molar-refractivity contribution in [2.45, 2.75) is 33.1 Å². The van der Waals surface area contributed by atoms with E-state index in [9.17, 15) is 0 Å². The van der Waals surface area contributed by atoms with E-state index in [1.54, 1.807) is 0 Å². The molecule has 46 valence electrons. The topological polar surface area (TPSA) is 0 Å². The quantitative estimate of drug-likeness (QED) is 0.372. The minimum absolute atomic E-state index is 0. The number of rotatable bonds is 1. The Bertz CT molecular complexity index is 11.9. The molecule has 0 rings (SSSR count). The Hall–Kier alpha value is 0.766. The van der Waals surface area contributed by atoms with Crippen molar-refractivity contribution >= 4 is 23.1 Å². The summed E-state index contributed by atoms with van der Waals surface area (Å²) < 4.78 is 0. The van der Waals surface area contributed by atoms with Gasteiger partial charge in [-0.15, -0.1) is 0 Å². The maximum Gasteiger partial charge on any atom is 2.00 e. The van der Waals surface area contributed by atoms with Crippen molar-refractivity contribution < 1.29 is 0 Å². The Kier molecular flexibility index (Phi) is 49.8. The van der Waals surface area contributed by atoms with Gasteiger partial charge in [0.05, 0.1) is 0 Å². The molecule has 1 heteroatoms. The van der Waals surface area contributed by atoms with Crippen LogP contribution in [-0.2, 0) is 0 Å². The molecule has 0 aromatic carbocycles. The van der Waals surface area contributed by atoms with Gasteiger partial charge in [-0.25, -0.2) is 0 Å². The summed E-state index contributed by atoms with van der Waals surface area (Å²) >= 11 is 0. The van der Waals surface area contributed by atoms with Gasteiger partial charge >= 0.3 is 23.1 Å². The first-order valence-electron chi connectivity index (χ1n) is 2.91. The molecule has 0 heterocycles. The minimum Gasteiger partial charge on any atom is -0.344 e. The average molecular weight is 125 g/mol. The molecule has 0 atom stereocenters. The van der Waals surface area contributed by atoms with E-state index < -0.39 is 0 Å². The summed E-state index contributed by atoms with van der Waals surface area (Å²) in [5, 5.41) is 0. The molecule has 0 aromatic rings. The van der Waals surface area contributed by atoms with Crippen molar-refractivity contribution in [3.05, 3.63) is 13.8 Å². The zero-order chi connectivity index (χ0) is 6.12. The van der Waals surface area contributed by atoms with Gasteiger partial charge in [0, 0.05) is 0 Å². The fourth-order valence-corrected chi connectivity index (χ4v) is 0. The van der Waals surface area contributed by atoms with Crippen LogP contribution in [0.25, 0.3) is 0 Å². The van der Waals surface area contributed by atoms with E-state index in [0.717, 1.165) is 12.8 Å². The molecule has 0 aliphatic rings. The Morgan fingerprint density at radius 2 is 1.25 bits per heavy atom. The SMILES string of the molecule is [CH2-]CC.[CH2-]CCC.[Mg+2]. The molecule has 0 amide bonds. The molecule has 8 heavy (non-hydrogen) atoms. The van der Waals surface area contributed by atoms with Gasteiger partial charge in [0.1, 0.15) is 0 Å². The largest absolute Gasteiger partial charge is 2.00 e. The maximum absolute atomic E-state index is 3.60.